The average Bonchev–Trinajstić information content (AvgIpc) is 2.69. The molecular formula is C22H22ClNO4. The van der Waals surface area contributed by atoms with Crippen molar-refractivity contribution < 1.29 is 19.1 Å². The number of para-hydroxylation sites is 1. The summed E-state index contributed by atoms with van der Waals surface area (Å²) < 4.78 is 11.9. The van der Waals surface area contributed by atoms with Gasteiger partial charge >= 0.3 is 0 Å². The van der Waals surface area contributed by atoms with Gasteiger partial charge in [0.15, 0.2) is 12.4 Å². The van der Waals surface area contributed by atoms with Gasteiger partial charge in [0.2, 0.25) is 0 Å². The number of ether oxygens (including phenoxy) is 2. The average molecular weight is 400 g/mol. The van der Waals surface area contributed by atoms with Crippen LogP contribution in [0.2, 0.25) is 5.02 Å². The topological polar surface area (TPSA) is 55.8 Å². The minimum Gasteiger partial charge on any atom is -0.486 e. The number of ketones is 1. The first kappa shape index (κ1) is 18.8. The molecule has 0 saturated carbocycles. The largest absolute Gasteiger partial charge is 0.486 e. The molecule has 5 nitrogen and oxygen atoms in total. The normalized spacial score (nSPS) is 17.8. The molecular weight excluding hydrogens is 378 g/mol. The standard InChI is InChI=1S/C22H22ClNO4/c1-15-11-16(23)12-18-19(25)13-22(28-21(15)18)7-9-24(10-8-22)20(26)14-27-17-5-3-2-4-6-17/h2-6,11-12H,7-10,13-14H2,1H3. The van der Waals surface area contributed by atoms with Gasteiger partial charge in [-0.05, 0) is 36.8 Å². The molecule has 0 aliphatic carbocycles. The number of nitrogens with zero attached hydrogens (tertiary/aromatic N) is 1. The number of rotatable bonds is 3. The molecule has 0 unspecified atom stereocenters. The molecule has 0 bridgehead atoms. The van der Waals surface area contributed by atoms with Gasteiger partial charge in [-0.25, -0.2) is 0 Å². The van der Waals surface area contributed by atoms with E-state index in [1.54, 1.807) is 11.0 Å². The number of benzene rings is 2. The van der Waals surface area contributed by atoms with E-state index in [1.807, 2.05) is 43.3 Å². The highest BCUT2D eigenvalue weighted by Gasteiger charge is 2.44. The van der Waals surface area contributed by atoms with Crippen LogP contribution in [0.5, 0.6) is 11.5 Å². The van der Waals surface area contributed by atoms with Crippen molar-refractivity contribution in [3.05, 3.63) is 58.6 Å². The highest BCUT2D eigenvalue weighted by atomic mass is 35.5. The molecule has 0 atom stereocenters. The third kappa shape index (κ3) is 3.72. The van der Waals surface area contributed by atoms with Crippen LogP contribution in [-0.2, 0) is 4.79 Å². The van der Waals surface area contributed by atoms with Gasteiger partial charge in [0.05, 0.1) is 12.0 Å². The molecule has 2 aliphatic heterocycles. The van der Waals surface area contributed by atoms with Crippen molar-refractivity contribution in [3.63, 3.8) is 0 Å². The van der Waals surface area contributed by atoms with Gasteiger partial charge in [0.1, 0.15) is 17.1 Å². The van der Waals surface area contributed by atoms with Crippen molar-refractivity contribution in [1.29, 1.82) is 0 Å². The van der Waals surface area contributed by atoms with Crippen LogP contribution in [0.1, 0.15) is 35.2 Å². The highest BCUT2D eigenvalue weighted by molar-refractivity contribution is 6.31. The van der Waals surface area contributed by atoms with Crippen LogP contribution in [0.25, 0.3) is 0 Å². The van der Waals surface area contributed by atoms with Gasteiger partial charge in [-0.2, -0.15) is 0 Å². The number of piperidine rings is 1. The number of likely N-dealkylation sites (tertiary alicyclic amines) is 1. The first-order valence-electron chi connectivity index (χ1n) is 9.44. The third-order valence-corrected chi connectivity index (χ3v) is 5.69. The van der Waals surface area contributed by atoms with Gasteiger partial charge in [-0.1, -0.05) is 29.8 Å². The Hall–Kier alpha value is -2.53. The summed E-state index contributed by atoms with van der Waals surface area (Å²) >= 11 is 6.09. The number of fused-ring (bicyclic) bond motifs is 1. The SMILES string of the molecule is Cc1cc(Cl)cc2c1OC1(CCN(C(=O)COc3ccccc3)CC1)CC2=O. The number of Topliss-reactive ketones (excluding diaryl/α,β-unsaturated/α-hetero) is 1. The van der Waals surface area contributed by atoms with Crippen LogP contribution in [0.15, 0.2) is 42.5 Å². The van der Waals surface area contributed by atoms with Crippen molar-refractivity contribution in [1.82, 2.24) is 4.90 Å². The van der Waals surface area contributed by atoms with Crippen LogP contribution in [0.3, 0.4) is 0 Å². The van der Waals surface area contributed by atoms with E-state index in [4.69, 9.17) is 21.1 Å². The van der Waals surface area contributed by atoms with Crippen molar-refractivity contribution in [2.75, 3.05) is 19.7 Å². The van der Waals surface area contributed by atoms with Gasteiger partial charge in [0, 0.05) is 31.0 Å². The van der Waals surface area contributed by atoms with E-state index in [1.165, 1.54) is 0 Å². The Morgan fingerprint density at radius 2 is 1.93 bits per heavy atom. The van der Waals surface area contributed by atoms with E-state index in [-0.39, 0.29) is 18.3 Å². The maximum Gasteiger partial charge on any atom is 0.260 e. The molecule has 2 aromatic carbocycles. The molecule has 1 spiro atoms. The van der Waals surface area contributed by atoms with Gasteiger partial charge in [-0.3, -0.25) is 9.59 Å². The summed E-state index contributed by atoms with van der Waals surface area (Å²) in [6.07, 6.45) is 1.57. The van der Waals surface area contributed by atoms with Gasteiger partial charge in [-0.15, -0.1) is 0 Å². The summed E-state index contributed by atoms with van der Waals surface area (Å²) in [7, 11) is 0. The lowest BCUT2D eigenvalue weighted by Gasteiger charge is -2.44. The van der Waals surface area contributed by atoms with Crippen molar-refractivity contribution in [2.24, 2.45) is 0 Å². The zero-order valence-electron chi connectivity index (χ0n) is 15.7. The highest BCUT2D eigenvalue weighted by Crippen LogP contribution is 2.42. The molecule has 2 aliphatic rings. The molecule has 28 heavy (non-hydrogen) atoms. The Morgan fingerprint density at radius 3 is 2.64 bits per heavy atom. The Bertz CT molecular complexity index is 904. The van der Waals surface area contributed by atoms with Crippen LogP contribution in [-0.4, -0.2) is 41.9 Å². The number of carbonyl (C=O) groups excluding carboxylic acids is 2. The van der Waals surface area contributed by atoms with Crippen LogP contribution in [0, 0.1) is 6.92 Å². The number of hydrogen-bond acceptors (Lipinski definition) is 4. The predicted molar refractivity (Wildman–Crippen MR) is 106 cm³/mol. The number of aryl methyl sites for hydroxylation is 1. The number of amides is 1. The fourth-order valence-corrected chi connectivity index (χ4v) is 4.18. The molecule has 1 saturated heterocycles. The van der Waals surface area contributed by atoms with Crippen molar-refractivity contribution in [3.8, 4) is 11.5 Å². The first-order valence-corrected chi connectivity index (χ1v) is 9.82. The lowest BCUT2D eigenvalue weighted by Crippen LogP contribution is -2.53. The molecule has 1 fully saturated rings. The van der Waals surface area contributed by atoms with Crippen LogP contribution < -0.4 is 9.47 Å². The van der Waals surface area contributed by atoms with E-state index in [2.05, 4.69) is 0 Å². The summed E-state index contributed by atoms with van der Waals surface area (Å²) in [6.45, 7) is 3.01. The van der Waals surface area contributed by atoms with Crippen molar-refractivity contribution in [2.45, 2.75) is 31.8 Å². The maximum absolute atomic E-state index is 12.7. The molecule has 4 rings (SSSR count). The van der Waals surface area contributed by atoms with Crippen LogP contribution in [0.4, 0.5) is 0 Å². The lowest BCUT2D eigenvalue weighted by molar-refractivity contribution is -0.136. The molecule has 146 valence electrons. The second-order valence-electron chi connectivity index (χ2n) is 7.47. The Labute approximate surface area is 169 Å². The molecule has 0 N–H and O–H groups in total. The van der Waals surface area contributed by atoms with Gasteiger partial charge in [0.25, 0.3) is 5.91 Å². The Morgan fingerprint density at radius 1 is 1.21 bits per heavy atom. The smallest absolute Gasteiger partial charge is 0.260 e. The molecule has 0 radical (unpaired) electrons. The van der Waals surface area contributed by atoms with E-state index in [0.717, 1.165) is 5.56 Å². The molecule has 2 heterocycles. The third-order valence-electron chi connectivity index (χ3n) is 5.47. The maximum atomic E-state index is 12.7. The fourth-order valence-electron chi connectivity index (χ4n) is 3.91. The lowest BCUT2D eigenvalue weighted by atomic mass is 9.82. The summed E-state index contributed by atoms with van der Waals surface area (Å²) in [6, 6.07) is 12.8. The van der Waals surface area contributed by atoms with Crippen molar-refractivity contribution >= 4 is 23.3 Å². The summed E-state index contributed by atoms with van der Waals surface area (Å²) in [5.74, 6) is 1.31. The summed E-state index contributed by atoms with van der Waals surface area (Å²) in [5.41, 5.74) is 0.884. The fraction of sp³-hybridized carbons (Fsp3) is 0.364. The quantitative estimate of drug-likeness (QED) is 0.781. The molecule has 6 heteroatoms. The second-order valence-corrected chi connectivity index (χ2v) is 7.90. The van der Waals surface area contributed by atoms with Gasteiger partial charge < -0.3 is 14.4 Å². The minimum absolute atomic E-state index is 0.0112. The van der Waals surface area contributed by atoms with E-state index < -0.39 is 5.60 Å². The molecule has 2 aromatic rings. The van der Waals surface area contributed by atoms with Crippen LogP contribution >= 0.6 is 11.6 Å². The summed E-state index contributed by atoms with van der Waals surface area (Å²) in [4.78, 5) is 27.0. The number of carbonyl (C=O) groups is 2. The molecule has 1 amide bonds. The second kappa shape index (κ2) is 7.47. The zero-order valence-corrected chi connectivity index (χ0v) is 16.5. The predicted octanol–water partition coefficient (Wildman–Crippen LogP) is 4.05. The number of hydrogen-bond donors (Lipinski definition) is 0. The summed E-state index contributed by atoms with van der Waals surface area (Å²) in [5, 5.41) is 0.544. The first-order chi connectivity index (χ1) is 13.5. The van der Waals surface area contributed by atoms with E-state index in [0.29, 0.717) is 54.4 Å². The van der Waals surface area contributed by atoms with E-state index in [9.17, 15) is 9.59 Å². The molecule has 0 aromatic heterocycles. The van der Waals surface area contributed by atoms with E-state index >= 15 is 0 Å². The Kier molecular flexibility index (Phi) is 5.02. The monoisotopic (exact) mass is 399 g/mol. The minimum atomic E-state index is -0.542. The zero-order chi connectivity index (χ0) is 19.7. The number of halogens is 1. The Balaban J connectivity index is 1.39.